The van der Waals surface area contributed by atoms with Gasteiger partial charge in [-0.25, -0.2) is 19.3 Å². The molecule has 2 heterocycles. The molecule has 0 bridgehead atoms. The number of halogens is 1. The first-order chi connectivity index (χ1) is 13.2. The number of nitrogens with one attached hydrogen (secondary N) is 1. The van der Waals surface area contributed by atoms with Gasteiger partial charge in [0.2, 0.25) is 0 Å². The zero-order chi connectivity index (χ0) is 19.4. The largest absolute Gasteiger partial charge is 0.497 e. The van der Waals surface area contributed by atoms with Crippen LogP contribution in [-0.2, 0) is 0 Å². The van der Waals surface area contributed by atoms with Crippen molar-refractivity contribution in [3.63, 3.8) is 0 Å². The van der Waals surface area contributed by atoms with Crippen LogP contribution in [0.1, 0.15) is 18.9 Å². The maximum absolute atomic E-state index is 14.3. The van der Waals surface area contributed by atoms with Crippen LogP contribution in [0.15, 0.2) is 36.7 Å². The third-order valence-electron chi connectivity index (χ3n) is 3.68. The predicted molar refractivity (Wildman–Crippen MR) is 105 cm³/mol. The van der Waals surface area contributed by atoms with E-state index in [0.717, 1.165) is 4.70 Å². The Morgan fingerprint density at radius 2 is 1.93 bits per heavy atom. The number of hydrogen-bond donors (Lipinski definition) is 1. The van der Waals surface area contributed by atoms with Crippen LogP contribution in [0.3, 0.4) is 0 Å². The molecule has 4 aromatic rings. The van der Waals surface area contributed by atoms with Crippen LogP contribution in [0.25, 0.3) is 21.1 Å². The minimum Gasteiger partial charge on any atom is -0.497 e. The van der Waals surface area contributed by atoms with Gasteiger partial charge in [0, 0.05) is 6.07 Å². The topological polar surface area (TPSA) is 83.7 Å². The average molecular weight is 381 g/mol. The molecule has 0 aliphatic carbocycles. The molecule has 2 aromatic carbocycles. The van der Waals surface area contributed by atoms with E-state index in [9.17, 15) is 4.39 Å². The van der Waals surface area contributed by atoms with Crippen molar-refractivity contribution < 1.29 is 9.13 Å². The van der Waals surface area contributed by atoms with Gasteiger partial charge < -0.3 is 10.1 Å². The summed E-state index contributed by atoms with van der Waals surface area (Å²) in [6, 6.07) is 10.2. The molecular formula is C19H16FN5OS. The minimum absolute atomic E-state index is 0.267. The Hall–Kier alpha value is -3.31. The molecule has 0 unspecified atom stereocenters. The second-order valence-electron chi connectivity index (χ2n) is 5.13. The second-order valence-corrected chi connectivity index (χ2v) is 6.13. The lowest BCUT2D eigenvalue weighted by molar-refractivity contribution is 0.411. The van der Waals surface area contributed by atoms with Crippen molar-refractivity contribution >= 4 is 44.0 Å². The van der Waals surface area contributed by atoms with E-state index in [1.165, 1.54) is 30.8 Å². The van der Waals surface area contributed by atoms with Gasteiger partial charge in [-0.1, -0.05) is 13.8 Å². The van der Waals surface area contributed by atoms with E-state index in [4.69, 9.17) is 10.00 Å². The highest BCUT2D eigenvalue weighted by molar-refractivity contribution is 7.20. The summed E-state index contributed by atoms with van der Waals surface area (Å²) in [7, 11) is 1.48. The Balaban J connectivity index is 0.00000102. The van der Waals surface area contributed by atoms with Crippen LogP contribution in [0.4, 0.5) is 15.9 Å². The number of hydrogen-bond acceptors (Lipinski definition) is 7. The van der Waals surface area contributed by atoms with E-state index in [-0.39, 0.29) is 5.69 Å². The van der Waals surface area contributed by atoms with Crippen LogP contribution in [0, 0.1) is 17.1 Å². The summed E-state index contributed by atoms with van der Waals surface area (Å²) in [6.45, 7) is 4.00. The normalized spacial score (nSPS) is 10.2. The molecule has 0 saturated heterocycles. The Kier molecular flexibility index (Phi) is 5.43. The number of benzene rings is 2. The molecule has 0 atom stereocenters. The van der Waals surface area contributed by atoms with Gasteiger partial charge in [0.05, 0.1) is 33.9 Å². The highest BCUT2D eigenvalue weighted by Crippen LogP contribution is 2.34. The quantitative estimate of drug-likeness (QED) is 0.536. The molecule has 0 saturated carbocycles. The summed E-state index contributed by atoms with van der Waals surface area (Å²) < 4.78 is 20.1. The summed E-state index contributed by atoms with van der Waals surface area (Å²) >= 11 is 1.26. The smallest absolute Gasteiger partial charge is 0.195 e. The van der Waals surface area contributed by atoms with Crippen molar-refractivity contribution in [1.29, 1.82) is 5.26 Å². The van der Waals surface area contributed by atoms with Crippen molar-refractivity contribution in [2.24, 2.45) is 0 Å². The Morgan fingerprint density at radius 3 is 2.63 bits per heavy atom. The Bertz CT molecular complexity index is 1150. The fourth-order valence-electron chi connectivity index (χ4n) is 2.53. The molecule has 0 radical (unpaired) electrons. The van der Waals surface area contributed by atoms with E-state index in [1.54, 1.807) is 24.3 Å². The van der Waals surface area contributed by atoms with Crippen LogP contribution < -0.4 is 10.1 Å². The van der Waals surface area contributed by atoms with Gasteiger partial charge in [0.25, 0.3) is 0 Å². The third kappa shape index (κ3) is 3.50. The van der Waals surface area contributed by atoms with E-state index in [0.29, 0.717) is 33.0 Å². The van der Waals surface area contributed by atoms with E-state index < -0.39 is 5.82 Å². The average Bonchev–Trinajstić information content (AvgIpc) is 3.14. The highest BCUT2D eigenvalue weighted by Gasteiger charge is 2.14. The van der Waals surface area contributed by atoms with Gasteiger partial charge in [0.1, 0.15) is 29.8 Å². The number of fused-ring (bicyclic) bond motifs is 3. The summed E-state index contributed by atoms with van der Waals surface area (Å²) in [5.41, 5.74) is 1.64. The third-order valence-corrected chi connectivity index (χ3v) is 4.67. The standard InChI is InChI=1S/C17H10FN5OS.C2H6/c1-24-9-2-3-11(10(18)6-9)23-17-15-12(20-8-21-17)4-5-13-16(15)25-14(7-19)22-13;1-2/h2-6,8H,1H3,(H,20,21,23);1-2H3. The lowest BCUT2D eigenvalue weighted by Gasteiger charge is -2.10. The number of nitrogens with zero attached hydrogens (tertiary/aromatic N) is 4. The molecule has 0 amide bonds. The van der Waals surface area contributed by atoms with Crippen LogP contribution in [0.2, 0.25) is 0 Å². The van der Waals surface area contributed by atoms with Crippen LogP contribution >= 0.6 is 11.3 Å². The number of anilines is 2. The second kappa shape index (κ2) is 7.93. The van der Waals surface area contributed by atoms with Gasteiger partial charge in [-0.05, 0) is 24.3 Å². The molecule has 27 heavy (non-hydrogen) atoms. The highest BCUT2D eigenvalue weighted by atomic mass is 32.1. The first-order valence-electron chi connectivity index (χ1n) is 8.24. The number of rotatable bonds is 3. The van der Waals surface area contributed by atoms with Gasteiger partial charge in [0.15, 0.2) is 5.01 Å². The molecular weight excluding hydrogens is 365 g/mol. The molecule has 6 nitrogen and oxygen atoms in total. The summed E-state index contributed by atoms with van der Waals surface area (Å²) in [6.07, 6.45) is 1.41. The maximum atomic E-state index is 14.3. The molecule has 2 aromatic heterocycles. The van der Waals surface area contributed by atoms with Crippen LogP contribution in [-0.4, -0.2) is 22.1 Å². The lowest BCUT2D eigenvalue weighted by atomic mass is 10.2. The number of methoxy groups -OCH3 is 1. The first kappa shape index (κ1) is 18.5. The number of aromatic nitrogens is 3. The van der Waals surface area contributed by atoms with Gasteiger partial charge in [-0.2, -0.15) is 5.26 Å². The Labute approximate surface area is 159 Å². The zero-order valence-corrected chi connectivity index (χ0v) is 15.8. The number of nitriles is 1. The van der Waals surface area contributed by atoms with Gasteiger partial charge in [-0.15, -0.1) is 11.3 Å². The van der Waals surface area contributed by atoms with E-state index in [2.05, 4.69) is 20.3 Å². The minimum atomic E-state index is -0.458. The van der Waals surface area contributed by atoms with Crippen molar-refractivity contribution in [2.75, 3.05) is 12.4 Å². The first-order valence-corrected chi connectivity index (χ1v) is 9.06. The number of ether oxygens (including phenoxy) is 1. The zero-order valence-electron chi connectivity index (χ0n) is 14.9. The predicted octanol–water partition coefficient (Wildman–Crippen LogP) is 5.03. The van der Waals surface area contributed by atoms with Crippen molar-refractivity contribution in [3.8, 4) is 11.8 Å². The fourth-order valence-corrected chi connectivity index (χ4v) is 3.43. The summed E-state index contributed by atoms with van der Waals surface area (Å²) in [4.78, 5) is 12.7. The van der Waals surface area contributed by atoms with Gasteiger partial charge >= 0.3 is 0 Å². The van der Waals surface area contributed by atoms with Gasteiger partial charge in [-0.3, -0.25) is 0 Å². The number of thiazole rings is 1. The molecule has 136 valence electrons. The van der Waals surface area contributed by atoms with Crippen molar-refractivity contribution in [3.05, 3.63) is 47.5 Å². The van der Waals surface area contributed by atoms with Crippen LogP contribution in [0.5, 0.6) is 5.75 Å². The monoisotopic (exact) mass is 381 g/mol. The Morgan fingerprint density at radius 1 is 1.15 bits per heavy atom. The SMILES string of the molecule is CC.COc1ccc(Nc2ncnc3ccc4nc(C#N)sc4c23)c(F)c1. The molecule has 0 spiro atoms. The molecule has 1 N–H and O–H groups in total. The van der Waals surface area contributed by atoms with E-state index >= 15 is 0 Å². The molecule has 0 fully saturated rings. The van der Waals surface area contributed by atoms with Crippen molar-refractivity contribution in [2.45, 2.75) is 13.8 Å². The van der Waals surface area contributed by atoms with Crippen molar-refractivity contribution in [1.82, 2.24) is 15.0 Å². The molecule has 0 aliphatic heterocycles. The fraction of sp³-hybridized carbons (Fsp3) is 0.158. The molecule has 8 heteroatoms. The van der Waals surface area contributed by atoms with E-state index in [1.807, 2.05) is 19.9 Å². The molecule has 4 rings (SSSR count). The summed E-state index contributed by atoms with van der Waals surface area (Å²) in [5.74, 6) is 0.423. The lowest BCUT2D eigenvalue weighted by Crippen LogP contribution is -1.98. The maximum Gasteiger partial charge on any atom is 0.195 e. The molecule has 0 aliphatic rings. The summed E-state index contributed by atoms with van der Waals surface area (Å²) in [5, 5.41) is 13.1.